The zero-order chi connectivity index (χ0) is 13.9. The van der Waals surface area contributed by atoms with E-state index in [9.17, 15) is 14.7 Å². The van der Waals surface area contributed by atoms with Crippen molar-refractivity contribution in [1.29, 1.82) is 0 Å². The van der Waals surface area contributed by atoms with Gasteiger partial charge in [0.2, 0.25) is 5.91 Å². The number of carbonyl (C=O) groups is 2. The Balaban J connectivity index is 1.89. The summed E-state index contributed by atoms with van der Waals surface area (Å²) in [5, 5.41) is 9.68. The maximum Gasteiger partial charge on any atom is 0.311 e. The number of hydrogen-bond acceptors (Lipinski definition) is 4. The van der Waals surface area contributed by atoms with Crippen molar-refractivity contribution in [2.24, 2.45) is 5.41 Å². The van der Waals surface area contributed by atoms with Crippen molar-refractivity contribution in [2.75, 3.05) is 30.3 Å². The molecule has 0 aromatic carbocycles. The Hall–Kier alpha value is -0.360. The van der Waals surface area contributed by atoms with Crippen molar-refractivity contribution >= 4 is 35.4 Å². The molecule has 0 bridgehead atoms. The van der Waals surface area contributed by atoms with Crippen LogP contribution in [-0.4, -0.2) is 57.5 Å². The van der Waals surface area contributed by atoms with Crippen LogP contribution in [-0.2, 0) is 9.59 Å². The van der Waals surface area contributed by atoms with Gasteiger partial charge in [0, 0.05) is 42.0 Å². The second-order valence-corrected chi connectivity index (χ2v) is 8.11. The lowest BCUT2D eigenvalue weighted by Crippen LogP contribution is -2.49. The fourth-order valence-electron chi connectivity index (χ4n) is 2.61. The highest BCUT2D eigenvalue weighted by Crippen LogP contribution is 2.31. The molecule has 19 heavy (non-hydrogen) atoms. The van der Waals surface area contributed by atoms with E-state index in [1.165, 1.54) is 5.75 Å². The third-order valence-corrected chi connectivity index (χ3v) is 6.70. The highest BCUT2D eigenvalue weighted by atomic mass is 32.2. The van der Waals surface area contributed by atoms with E-state index >= 15 is 0 Å². The third-order valence-electron chi connectivity index (χ3n) is 3.85. The number of piperidine rings is 1. The molecule has 108 valence electrons. The number of nitrogens with zero attached hydrogens (tertiary/aromatic N) is 1. The van der Waals surface area contributed by atoms with E-state index in [0.29, 0.717) is 31.2 Å². The van der Waals surface area contributed by atoms with Crippen molar-refractivity contribution in [3.05, 3.63) is 0 Å². The van der Waals surface area contributed by atoms with Crippen LogP contribution in [0.4, 0.5) is 0 Å². The first-order valence-electron chi connectivity index (χ1n) is 6.72. The van der Waals surface area contributed by atoms with E-state index in [1.54, 1.807) is 11.8 Å². The molecule has 0 saturated carbocycles. The summed E-state index contributed by atoms with van der Waals surface area (Å²) in [5.74, 6) is 2.69. The number of thioether (sulfide) groups is 2. The zero-order valence-corrected chi connectivity index (χ0v) is 12.9. The average Bonchev–Trinajstić information content (AvgIpc) is 2.40. The Labute approximate surface area is 122 Å². The maximum atomic E-state index is 12.3. The third kappa shape index (κ3) is 3.81. The summed E-state index contributed by atoms with van der Waals surface area (Å²) in [5.41, 5.74) is -0.762. The molecule has 0 radical (unpaired) electrons. The van der Waals surface area contributed by atoms with Crippen molar-refractivity contribution in [2.45, 2.75) is 31.4 Å². The zero-order valence-electron chi connectivity index (χ0n) is 11.3. The summed E-state index contributed by atoms with van der Waals surface area (Å²) in [4.78, 5) is 25.3. The van der Waals surface area contributed by atoms with Crippen LogP contribution in [0.5, 0.6) is 0 Å². The fourth-order valence-corrected chi connectivity index (χ4v) is 5.28. The van der Waals surface area contributed by atoms with Gasteiger partial charge in [-0.15, -0.1) is 0 Å². The van der Waals surface area contributed by atoms with Gasteiger partial charge in [0.1, 0.15) is 0 Å². The molecular formula is C13H21NO3S2. The monoisotopic (exact) mass is 303 g/mol. The highest BCUT2D eigenvalue weighted by molar-refractivity contribution is 8.06. The van der Waals surface area contributed by atoms with Gasteiger partial charge in [-0.05, 0) is 19.8 Å². The largest absolute Gasteiger partial charge is 0.481 e. The quantitative estimate of drug-likeness (QED) is 0.863. The van der Waals surface area contributed by atoms with E-state index in [1.807, 2.05) is 23.5 Å². The van der Waals surface area contributed by atoms with Gasteiger partial charge in [-0.25, -0.2) is 0 Å². The second kappa shape index (κ2) is 6.39. The lowest BCUT2D eigenvalue weighted by molar-refractivity contribution is -0.153. The Morgan fingerprint density at radius 1 is 1.42 bits per heavy atom. The van der Waals surface area contributed by atoms with Gasteiger partial charge in [0.05, 0.1) is 5.41 Å². The minimum absolute atomic E-state index is 0.132. The molecule has 2 rings (SSSR count). The maximum absolute atomic E-state index is 12.3. The van der Waals surface area contributed by atoms with Gasteiger partial charge in [-0.3, -0.25) is 9.59 Å². The topological polar surface area (TPSA) is 57.6 Å². The Kier molecular flexibility index (Phi) is 5.06. The van der Waals surface area contributed by atoms with Gasteiger partial charge >= 0.3 is 5.97 Å². The summed E-state index contributed by atoms with van der Waals surface area (Å²) in [6, 6.07) is 0. The van der Waals surface area contributed by atoms with Crippen LogP contribution < -0.4 is 0 Å². The first-order chi connectivity index (χ1) is 9.01. The van der Waals surface area contributed by atoms with Crippen LogP contribution in [0.2, 0.25) is 0 Å². The molecule has 4 nitrogen and oxygen atoms in total. The lowest BCUT2D eigenvalue weighted by Gasteiger charge is -2.38. The Morgan fingerprint density at radius 3 is 2.84 bits per heavy atom. The minimum Gasteiger partial charge on any atom is -0.481 e. The molecule has 2 aliphatic rings. The van der Waals surface area contributed by atoms with E-state index in [2.05, 4.69) is 0 Å². The van der Waals surface area contributed by atoms with Gasteiger partial charge < -0.3 is 10.0 Å². The Morgan fingerprint density at radius 2 is 2.21 bits per heavy atom. The summed E-state index contributed by atoms with van der Waals surface area (Å²) in [6.45, 7) is 2.83. The van der Waals surface area contributed by atoms with Crippen LogP contribution in [0.3, 0.4) is 0 Å². The predicted molar refractivity (Wildman–Crippen MR) is 79.7 cm³/mol. The normalized spacial score (nSPS) is 32.1. The van der Waals surface area contributed by atoms with Crippen molar-refractivity contribution < 1.29 is 14.7 Å². The molecule has 2 saturated heterocycles. The first kappa shape index (κ1) is 15.0. The number of carboxylic acid groups (broad SMARTS) is 1. The predicted octanol–water partition coefficient (Wildman–Crippen LogP) is 1.94. The number of rotatable bonds is 3. The van der Waals surface area contributed by atoms with Gasteiger partial charge in [-0.2, -0.15) is 23.5 Å². The minimum atomic E-state index is -0.785. The van der Waals surface area contributed by atoms with Crippen LogP contribution in [0.25, 0.3) is 0 Å². The molecular weight excluding hydrogens is 282 g/mol. The van der Waals surface area contributed by atoms with Crippen molar-refractivity contribution in [3.63, 3.8) is 0 Å². The molecule has 6 heteroatoms. The van der Waals surface area contributed by atoms with Crippen LogP contribution in [0.1, 0.15) is 26.2 Å². The molecule has 2 unspecified atom stereocenters. The SMILES string of the molecule is CC1(C(=O)O)CCCN(C(=O)CC2CSCCS2)C1. The molecule has 0 spiro atoms. The summed E-state index contributed by atoms with van der Waals surface area (Å²) in [6.07, 6.45) is 2.02. The number of carbonyl (C=O) groups excluding carboxylic acids is 1. The summed E-state index contributed by atoms with van der Waals surface area (Å²) in [7, 11) is 0. The standard InChI is InChI=1S/C13H21NO3S2/c1-13(12(16)17)3-2-4-14(9-13)11(15)7-10-8-18-5-6-19-10/h10H,2-9H2,1H3,(H,16,17). The molecule has 2 heterocycles. The first-order valence-corrected chi connectivity index (χ1v) is 8.92. The molecule has 2 aliphatic heterocycles. The smallest absolute Gasteiger partial charge is 0.311 e. The molecule has 0 aliphatic carbocycles. The Bertz CT molecular complexity index is 358. The number of likely N-dealkylation sites (tertiary alicyclic amines) is 1. The molecule has 1 amide bonds. The van der Waals surface area contributed by atoms with Crippen LogP contribution >= 0.6 is 23.5 Å². The molecule has 2 fully saturated rings. The lowest BCUT2D eigenvalue weighted by atomic mass is 9.82. The molecule has 0 aromatic rings. The van der Waals surface area contributed by atoms with Crippen LogP contribution in [0.15, 0.2) is 0 Å². The molecule has 0 aromatic heterocycles. The van der Waals surface area contributed by atoms with Gasteiger partial charge in [0.25, 0.3) is 0 Å². The van der Waals surface area contributed by atoms with Crippen molar-refractivity contribution in [3.8, 4) is 0 Å². The van der Waals surface area contributed by atoms with Crippen molar-refractivity contribution in [1.82, 2.24) is 4.90 Å². The van der Waals surface area contributed by atoms with E-state index in [0.717, 1.165) is 17.9 Å². The number of amides is 1. The number of hydrogen-bond donors (Lipinski definition) is 1. The van der Waals surface area contributed by atoms with Gasteiger partial charge in [0.15, 0.2) is 0 Å². The van der Waals surface area contributed by atoms with Gasteiger partial charge in [-0.1, -0.05) is 0 Å². The van der Waals surface area contributed by atoms with Crippen LogP contribution in [0, 0.1) is 5.41 Å². The molecule has 1 N–H and O–H groups in total. The summed E-state index contributed by atoms with van der Waals surface area (Å²) >= 11 is 3.79. The second-order valence-electron chi connectivity index (χ2n) is 5.56. The number of carboxylic acids is 1. The average molecular weight is 303 g/mol. The van der Waals surface area contributed by atoms with E-state index < -0.39 is 11.4 Å². The van der Waals surface area contributed by atoms with E-state index in [-0.39, 0.29) is 5.91 Å². The number of aliphatic carboxylic acids is 1. The van der Waals surface area contributed by atoms with E-state index in [4.69, 9.17) is 0 Å². The fraction of sp³-hybridized carbons (Fsp3) is 0.846. The summed E-state index contributed by atoms with van der Waals surface area (Å²) < 4.78 is 0. The highest BCUT2D eigenvalue weighted by Gasteiger charge is 2.39. The molecule has 2 atom stereocenters.